The number of hydrogen-bond acceptors (Lipinski definition) is 2. The zero-order chi connectivity index (χ0) is 11.3. The average Bonchev–Trinajstić information content (AvgIpc) is 2.19. The second-order valence-corrected chi connectivity index (χ2v) is 3.49. The van der Waals surface area contributed by atoms with E-state index < -0.39 is 5.97 Å². The zero-order valence-corrected chi connectivity index (χ0v) is 8.73. The highest BCUT2D eigenvalue weighted by Crippen LogP contribution is 2.10. The number of carbonyl (C=O) groups is 1. The lowest BCUT2D eigenvalue weighted by molar-refractivity contribution is -0.136. The van der Waals surface area contributed by atoms with Gasteiger partial charge in [-0.1, -0.05) is 35.9 Å². The monoisotopic (exact) mass is 205 g/mol. The van der Waals surface area contributed by atoms with Crippen LogP contribution in [0.2, 0.25) is 0 Å². The molecule has 0 aromatic heterocycles. The number of carboxylic acid groups (broad SMARTS) is 1. The molecule has 0 amide bonds. The van der Waals surface area contributed by atoms with Crippen LogP contribution in [0.3, 0.4) is 0 Å². The summed E-state index contributed by atoms with van der Waals surface area (Å²) < 4.78 is 0. The number of carboxylic acids is 1. The molecule has 1 rings (SSSR count). The molecular formula is C12H15NO2. The van der Waals surface area contributed by atoms with Gasteiger partial charge >= 0.3 is 5.97 Å². The molecule has 3 heteroatoms. The van der Waals surface area contributed by atoms with Crippen molar-refractivity contribution in [1.29, 1.82) is 0 Å². The largest absolute Gasteiger partial charge is 0.481 e. The Bertz CT molecular complexity index is 366. The van der Waals surface area contributed by atoms with E-state index in [-0.39, 0.29) is 13.0 Å². The number of hydrogen-bond donors (Lipinski definition) is 2. The number of benzene rings is 1. The first-order valence-corrected chi connectivity index (χ1v) is 4.80. The summed E-state index contributed by atoms with van der Waals surface area (Å²) in [6.07, 6.45) is 1.83. The summed E-state index contributed by atoms with van der Waals surface area (Å²) in [5.41, 5.74) is 8.36. The molecule has 80 valence electrons. The number of nitrogens with two attached hydrogens (primary N) is 1. The molecule has 0 spiro atoms. The molecule has 0 fully saturated rings. The highest BCUT2D eigenvalue weighted by Gasteiger charge is 2.01. The van der Waals surface area contributed by atoms with Crippen molar-refractivity contribution < 1.29 is 9.90 Å². The van der Waals surface area contributed by atoms with Gasteiger partial charge in [-0.15, -0.1) is 0 Å². The molecule has 1 aromatic rings. The fourth-order valence-electron chi connectivity index (χ4n) is 1.27. The minimum absolute atomic E-state index is 0.00434. The van der Waals surface area contributed by atoms with Crippen molar-refractivity contribution in [2.75, 3.05) is 6.54 Å². The van der Waals surface area contributed by atoms with Crippen LogP contribution in [0, 0.1) is 6.92 Å². The van der Waals surface area contributed by atoms with E-state index in [4.69, 9.17) is 10.8 Å². The molecule has 0 radical (unpaired) electrons. The summed E-state index contributed by atoms with van der Waals surface area (Å²) >= 11 is 0. The molecule has 1 aromatic carbocycles. The van der Waals surface area contributed by atoms with E-state index in [9.17, 15) is 4.79 Å². The van der Waals surface area contributed by atoms with Gasteiger partial charge in [0.2, 0.25) is 0 Å². The fourth-order valence-corrected chi connectivity index (χ4v) is 1.27. The molecule has 0 heterocycles. The predicted octanol–water partition coefficient (Wildman–Crippen LogP) is 1.81. The van der Waals surface area contributed by atoms with Gasteiger partial charge in [0.1, 0.15) is 0 Å². The Morgan fingerprint density at radius 3 is 2.47 bits per heavy atom. The lowest BCUT2D eigenvalue weighted by atomic mass is 10.1. The Hall–Kier alpha value is -1.61. The minimum atomic E-state index is -0.848. The van der Waals surface area contributed by atoms with Gasteiger partial charge in [0.25, 0.3) is 0 Å². The van der Waals surface area contributed by atoms with Gasteiger partial charge in [-0.05, 0) is 18.1 Å². The van der Waals surface area contributed by atoms with E-state index >= 15 is 0 Å². The maximum atomic E-state index is 10.5. The van der Waals surface area contributed by atoms with Crippen molar-refractivity contribution in [3.63, 3.8) is 0 Å². The van der Waals surface area contributed by atoms with Crippen LogP contribution in [-0.4, -0.2) is 17.6 Å². The summed E-state index contributed by atoms with van der Waals surface area (Å²) in [5.74, 6) is -0.848. The molecule has 15 heavy (non-hydrogen) atoms. The third-order valence-corrected chi connectivity index (χ3v) is 2.09. The Morgan fingerprint density at radius 1 is 1.40 bits per heavy atom. The molecule has 0 aliphatic carbocycles. The van der Waals surface area contributed by atoms with Crippen molar-refractivity contribution in [2.45, 2.75) is 13.3 Å². The summed E-state index contributed by atoms with van der Waals surface area (Å²) in [5, 5.41) is 8.64. The van der Waals surface area contributed by atoms with E-state index in [1.165, 1.54) is 5.56 Å². The minimum Gasteiger partial charge on any atom is -0.481 e. The highest BCUT2D eigenvalue weighted by molar-refractivity contribution is 5.72. The van der Waals surface area contributed by atoms with Crippen LogP contribution in [-0.2, 0) is 4.79 Å². The van der Waals surface area contributed by atoms with Gasteiger partial charge in [0, 0.05) is 6.54 Å². The Labute approximate surface area is 89.2 Å². The van der Waals surface area contributed by atoms with E-state index in [0.29, 0.717) is 0 Å². The van der Waals surface area contributed by atoms with Crippen LogP contribution in [0.25, 0.3) is 6.08 Å². The highest BCUT2D eigenvalue weighted by atomic mass is 16.4. The predicted molar refractivity (Wildman–Crippen MR) is 60.5 cm³/mol. The Morgan fingerprint density at radius 2 is 2.00 bits per heavy atom. The number of aliphatic carboxylic acids is 1. The molecule has 0 saturated heterocycles. The van der Waals surface area contributed by atoms with E-state index in [0.717, 1.165) is 11.1 Å². The topological polar surface area (TPSA) is 63.3 Å². The van der Waals surface area contributed by atoms with Gasteiger partial charge in [0.15, 0.2) is 0 Å². The molecule has 0 bridgehead atoms. The Kier molecular flexibility index (Phi) is 4.06. The van der Waals surface area contributed by atoms with Crippen molar-refractivity contribution in [2.24, 2.45) is 5.73 Å². The van der Waals surface area contributed by atoms with Crippen LogP contribution >= 0.6 is 0 Å². The molecule has 0 atom stereocenters. The molecule has 0 aliphatic rings. The lowest BCUT2D eigenvalue weighted by Crippen LogP contribution is -2.07. The first-order valence-electron chi connectivity index (χ1n) is 4.80. The SMILES string of the molecule is Cc1ccc(/C=C(\CN)CC(=O)O)cc1. The van der Waals surface area contributed by atoms with Gasteiger partial charge < -0.3 is 10.8 Å². The first kappa shape index (κ1) is 11.5. The molecule has 0 aliphatic heterocycles. The first-order chi connectivity index (χ1) is 7.11. The van der Waals surface area contributed by atoms with Gasteiger partial charge in [-0.25, -0.2) is 0 Å². The lowest BCUT2D eigenvalue weighted by Gasteiger charge is -2.01. The van der Waals surface area contributed by atoms with Crippen molar-refractivity contribution in [3.05, 3.63) is 41.0 Å². The average molecular weight is 205 g/mol. The molecule has 0 saturated carbocycles. The van der Waals surface area contributed by atoms with Gasteiger partial charge in [-0.3, -0.25) is 4.79 Å². The van der Waals surface area contributed by atoms with Crippen LogP contribution in [0.1, 0.15) is 17.5 Å². The summed E-state index contributed by atoms with van der Waals surface area (Å²) in [6.45, 7) is 2.29. The third kappa shape index (κ3) is 3.95. The Balaban J connectivity index is 2.83. The quantitative estimate of drug-likeness (QED) is 0.788. The van der Waals surface area contributed by atoms with E-state index in [1.807, 2.05) is 37.3 Å². The second-order valence-electron chi connectivity index (χ2n) is 3.49. The van der Waals surface area contributed by atoms with E-state index in [2.05, 4.69) is 0 Å². The number of rotatable bonds is 4. The van der Waals surface area contributed by atoms with Crippen molar-refractivity contribution in [3.8, 4) is 0 Å². The maximum absolute atomic E-state index is 10.5. The van der Waals surface area contributed by atoms with Crippen LogP contribution in [0.4, 0.5) is 0 Å². The summed E-state index contributed by atoms with van der Waals surface area (Å²) in [7, 11) is 0. The number of aryl methyl sites for hydroxylation is 1. The van der Waals surface area contributed by atoms with E-state index in [1.54, 1.807) is 0 Å². The molecule has 3 N–H and O–H groups in total. The normalized spacial score (nSPS) is 11.5. The smallest absolute Gasteiger partial charge is 0.307 e. The second kappa shape index (κ2) is 5.32. The summed E-state index contributed by atoms with van der Waals surface area (Å²) in [6, 6.07) is 7.88. The summed E-state index contributed by atoms with van der Waals surface area (Å²) in [4.78, 5) is 10.5. The van der Waals surface area contributed by atoms with Gasteiger partial charge in [0.05, 0.1) is 6.42 Å². The van der Waals surface area contributed by atoms with Crippen molar-refractivity contribution >= 4 is 12.0 Å². The zero-order valence-electron chi connectivity index (χ0n) is 8.73. The molecule has 3 nitrogen and oxygen atoms in total. The van der Waals surface area contributed by atoms with Crippen LogP contribution in [0.15, 0.2) is 29.8 Å². The fraction of sp³-hybridized carbons (Fsp3) is 0.250. The van der Waals surface area contributed by atoms with Gasteiger partial charge in [-0.2, -0.15) is 0 Å². The molecule has 0 unspecified atom stereocenters. The van der Waals surface area contributed by atoms with Crippen LogP contribution < -0.4 is 5.73 Å². The van der Waals surface area contributed by atoms with Crippen LogP contribution in [0.5, 0.6) is 0 Å². The van der Waals surface area contributed by atoms with Crippen molar-refractivity contribution in [1.82, 2.24) is 0 Å². The maximum Gasteiger partial charge on any atom is 0.307 e. The standard InChI is InChI=1S/C12H15NO2/c1-9-2-4-10(5-3-9)6-11(8-13)7-12(14)15/h2-6H,7-8,13H2,1H3,(H,14,15)/b11-6-. The third-order valence-electron chi connectivity index (χ3n) is 2.09. The molecular weight excluding hydrogens is 190 g/mol.